The van der Waals surface area contributed by atoms with Gasteiger partial charge in [0.15, 0.2) is 5.78 Å². The molecule has 32 heavy (non-hydrogen) atoms. The summed E-state index contributed by atoms with van der Waals surface area (Å²) in [5.41, 5.74) is 3.39. The standard InChI is InChI=1S/C27H30N2O3/c1-20(2)29(18-26(31)24-12-8-5-9-13-24)17-23-14-15-27(25(16-23)28-21(3)30)32-19-22-10-6-4-7-11-22/h4-16,20H,17-19H2,1-3H3,(H,28,30). The number of carbonyl (C=O) groups is 2. The molecule has 5 heteroatoms. The van der Waals surface area contributed by atoms with E-state index in [1.54, 1.807) is 0 Å². The van der Waals surface area contributed by atoms with Gasteiger partial charge in [-0.15, -0.1) is 0 Å². The first-order valence-electron chi connectivity index (χ1n) is 10.8. The fourth-order valence-electron chi connectivity index (χ4n) is 3.38. The fourth-order valence-corrected chi connectivity index (χ4v) is 3.38. The molecule has 0 fully saturated rings. The minimum Gasteiger partial charge on any atom is -0.487 e. The van der Waals surface area contributed by atoms with Crippen molar-refractivity contribution in [1.29, 1.82) is 0 Å². The summed E-state index contributed by atoms with van der Waals surface area (Å²) >= 11 is 0. The summed E-state index contributed by atoms with van der Waals surface area (Å²) in [6, 6.07) is 25.2. The van der Waals surface area contributed by atoms with Gasteiger partial charge in [-0.1, -0.05) is 66.7 Å². The molecule has 0 atom stereocenters. The molecule has 3 rings (SSSR count). The quantitative estimate of drug-likeness (QED) is 0.443. The Labute approximate surface area is 190 Å². The van der Waals surface area contributed by atoms with E-state index in [-0.39, 0.29) is 17.7 Å². The number of anilines is 1. The van der Waals surface area contributed by atoms with Crippen molar-refractivity contribution in [2.45, 2.75) is 40.0 Å². The van der Waals surface area contributed by atoms with E-state index >= 15 is 0 Å². The molecule has 166 valence electrons. The molecule has 1 N–H and O–H groups in total. The topological polar surface area (TPSA) is 58.6 Å². The normalized spacial score (nSPS) is 10.9. The van der Waals surface area contributed by atoms with Crippen LogP contribution in [0.25, 0.3) is 0 Å². The highest BCUT2D eigenvalue weighted by Gasteiger charge is 2.17. The van der Waals surface area contributed by atoms with Gasteiger partial charge in [0.1, 0.15) is 12.4 Å². The molecule has 0 aliphatic carbocycles. The van der Waals surface area contributed by atoms with Gasteiger partial charge in [-0.25, -0.2) is 0 Å². The van der Waals surface area contributed by atoms with E-state index in [0.29, 0.717) is 36.7 Å². The lowest BCUT2D eigenvalue weighted by Gasteiger charge is -2.26. The van der Waals surface area contributed by atoms with E-state index in [4.69, 9.17) is 4.74 Å². The highest BCUT2D eigenvalue weighted by atomic mass is 16.5. The number of Topliss-reactive ketones (excluding diaryl/α,β-unsaturated/α-hetero) is 1. The van der Waals surface area contributed by atoms with Crippen molar-refractivity contribution in [2.75, 3.05) is 11.9 Å². The van der Waals surface area contributed by atoms with Crippen LogP contribution >= 0.6 is 0 Å². The summed E-state index contributed by atoms with van der Waals surface area (Å²) in [5, 5.41) is 2.87. The van der Waals surface area contributed by atoms with Crippen LogP contribution in [0.2, 0.25) is 0 Å². The van der Waals surface area contributed by atoms with Crippen LogP contribution < -0.4 is 10.1 Å². The molecule has 0 spiro atoms. The molecular weight excluding hydrogens is 400 g/mol. The van der Waals surface area contributed by atoms with E-state index in [2.05, 4.69) is 24.1 Å². The summed E-state index contributed by atoms with van der Waals surface area (Å²) in [6.45, 7) is 6.95. The van der Waals surface area contributed by atoms with Crippen LogP contribution in [0.15, 0.2) is 78.9 Å². The maximum Gasteiger partial charge on any atom is 0.221 e. The van der Waals surface area contributed by atoms with Gasteiger partial charge in [0.2, 0.25) is 5.91 Å². The molecule has 3 aromatic carbocycles. The molecule has 1 amide bonds. The lowest BCUT2D eigenvalue weighted by Crippen LogP contribution is -2.35. The summed E-state index contributed by atoms with van der Waals surface area (Å²) in [6.07, 6.45) is 0. The number of rotatable bonds is 10. The third-order valence-electron chi connectivity index (χ3n) is 5.15. The van der Waals surface area contributed by atoms with Crippen molar-refractivity contribution in [3.63, 3.8) is 0 Å². The number of nitrogens with one attached hydrogen (secondary N) is 1. The van der Waals surface area contributed by atoms with Crippen molar-refractivity contribution in [2.24, 2.45) is 0 Å². The van der Waals surface area contributed by atoms with Crippen molar-refractivity contribution in [1.82, 2.24) is 4.90 Å². The van der Waals surface area contributed by atoms with Crippen LogP contribution in [0.1, 0.15) is 42.3 Å². The second kappa shape index (κ2) is 11.3. The fraction of sp³-hybridized carbons (Fsp3) is 0.259. The first kappa shape index (κ1) is 23.2. The van der Waals surface area contributed by atoms with Gasteiger partial charge < -0.3 is 10.1 Å². The van der Waals surface area contributed by atoms with Gasteiger partial charge in [-0.3, -0.25) is 14.5 Å². The zero-order valence-corrected chi connectivity index (χ0v) is 18.9. The van der Waals surface area contributed by atoms with Crippen molar-refractivity contribution < 1.29 is 14.3 Å². The van der Waals surface area contributed by atoms with Gasteiger partial charge in [0, 0.05) is 25.1 Å². The molecular formula is C27H30N2O3. The molecule has 0 aromatic heterocycles. The predicted molar refractivity (Wildman–Crippen MR) is 128 cm³/mol. The van der Waals surface area contributed by atoms with Crippen molar-refractivity contribution in [3.05, 3.63) is 95.6 Å². The van der Waals surface area contributed by atoms with Crippen LogP contribution in [0.4, 0.5) is 5.69 Å². The number of ketones is 1. The number of hydrogen-bond acceptors (Lipinski definition) is 4. The molecule has 0 aliphatic heterocycles. The summed E-state index contributed by atoms with van der Waals surface area (Å²) < 4.78 is 5.97. The van der Waals surface area contributed by atoms with Crippen LogP contribution in [-0.4, -0.2) is 29.2 Å². The first-order valence-corrected chi connectivity index (χ1v) is 10.8. The molecule has 3 aromatic rings. The lowest BCUT2D eigenvalue weighted by molar-refractivity contribution is -0.114. The molecule has 0 bridgehead atoms. The molecule has 5 nitrogen and oxygen atoms in total. The van der Waals surface area contributed by atoms with Crippen molar-refractivity contribution >= 4 is 17.4 Å². The number of carbonyl (C=O) groups excluding carboxylic acids is 2. The smallest absolute Gasteiger partial charge is 0.221 e. The maximum absolute atomic E-state index is 12.7. The molecule has 0 saturated carbocycles. The highest BCUT2D eigenvalue weighted by Crippen LogP contribution is 2.28. The van der Waals surface area contributed by atoms with E-state index in [1.807, 2.05) is 78.9 Å². The monoisotopic (exact) mass is 430 g/mol. The zero-order valence-electron chi connectivity index (χ0n) is 18.9. The molecule has 0 radical (unpaired) electrons. The predicted octanol–water partition coefficient (Wildman–Crippen LogP) is 5.32. The van der Waals surface area contributed by atoms with Crippen LogP contribution in [0.3, 0.4) is 0 Å². The second-order valence-electron chi connectivity index (χ2n) is 8.07. The third-order valence-corrected chi connectivity index (χ3v) is 5.15. The Balaban J connectivity index is 1.75. The Bertz CT molecular complexity index is 1030. The number of benzene rings is 3. The zero-order chi connectivity index (χ0) is 22.9. The lowest BCUT2D eigenvalue weighted by atomic mass is 10.1. The number of ether oxygens (including phenoxy) is 1. The largest absolute Gasteiger partial charge is 0.487 e. The first-order chi connectivity index (χ1) is 15.4. The van der Waals surface area contributed by atoms with E-state index in [1.165, 1.54) is 6.92 Å². The van der Waals surface area contributed by atoms with Crippen LogP contribution in [-0.2, 0) is 17.9 Å². The van der Waals surface area contributed by atoms with Gasteiger partial charge in [-0.2, -0.15) is 0 Å². The average Bonchev–Trinajstić information content (AvgIpc) is 2.79. The Morgan fingerprint density at radius 2 is 1.56 bits per heavy atom. The van der Waals surface area contributed by atoms with Gasteiger partial charge >= 0.3 is 0 Å². The molecule has 0 aliphatic rings. The van der Waals surface area contributed by atoms with E-state index in [0.717, 1.165) is 11.1 Å². The Hall–Kier alpha value is -3.44. The van der Waals surface area contributed by atoms with Gasteiger partial charge in [0.25, 0.3) is 0 Å². The summed E-state index contributed by atoms with van der Waals surface area (Å²) in [7, 11) is 0. The molecule has 0 saturated heterocycles. The Kier molecular flexibility index (Phi) is 8.17. The van der Waals surface area contributed by atoms with Gasteiger partial charge in [0.05, 0.1) is 12.2 Å². The number of hydrogen-bond donors (Lipinski definition) is 1. The summed E-state index contributed by atoms with van der Waals surface area (Å²) in [4.78, 5) is 26.6. The van der Waals surface area contributed by atoms with Gasteiger partial charge in [-0.05, 0) is 37.1 Å². The van der Waals surface area contributed by atoms with Crippen molar-refractivity contribution in [3.8, 4) is 5.75 Å². The third kappa shape index (κ3) is 6.79. The number of nitrogens with zero attached hydrogens (tertiary/aromatic N) is 1. The van der Waals surface area contributed by atoms with E-state index < -0.39 is 0 Å². The Morgan fingerprint density at radius 1 is 0.906 bits per heavy atom. The minimum absolute atomic E-state index is 0.0872. The molecule has 0 unspecified atom stereocenters. The average molecular weight is 431 g/mol. The SMILES string of the molecule is CC(=O)Nc1cc(CN(CC(=O)c2ccccc2)C(C)C)ccc1OCc1ccccc1. The molecule has 0 heterocycles. The van der Waals surface area contributed by atoms with Crippen LogP contribution in [0, 0.1) is 0 Å². The number of amides is 1. The second-order valence-corrected chi connectivity index (χ2v) is 8.07. The van der Waals surface area contributed by atoms with E-state index in [9.17, 15) is 9.59 Å². The van der Waals surface area contributed by atoms with Crippen LogP contribution in [0.5, 0.6) is 5.75 Å². The maximum atomic E-state index is 12.7. The minimum atomic E-state index is -0.160. The highest BCUT2D eigenvalue weighted by molar-refractivity contribution is 5.97. The Morgan fingerprint density at radius 3 is 2.19 bits per heavy atom. The summed E-state index contributed by atoms with van der Waals surface area (Å²) in [5.74, 6) is 0.542.